The summed E-state index contributed by atoms with van der Waals surface area (Å²) in [5, 5.41) is 4.74. The zero-order chi connectivity index (χ0) is 17.8. The lowest BCUT2D eigenvalue weighted by molar-refractivity contribution is 1.19. The quantitative estimate of drug-likeness (QED) is 0.348. The lowest BCUT2D eigenvalue weighted by Crippen LogP contribution is -1.95. The van der Waals surface area contributed by atoms with Gasteiger partial charge < -0.3 is 4.57 Å². The van der Waals surface area contributed by atoms with Crippen LogP contribution in [-0.2, 0) is 0 Å². The van der Waals surface area contributed by atoms with E-state index in [1.807, 2.05) is 24.5 Å². The smallest absolute Gasteiger partial charge is 0.0986 e. The molecule has 0 spiro atoms. The van der Waals surface area contributed by atoms with Crippen molar-refractivity contribution in [3.05, 3.63) is 91.3 Å². The fraction of sp³-hybridized carbons (Fsp3) is 0. The van der Waals surface area contributed by atoms with Crippen LogP contribution in [0.2, 0.25) is 0 Å². The number of benzene rings is 3. The topological polar surface area (TPSA) is 30.7 Å². The highest BCUT2D eigenvalue weighted by Crippen LogP contribution is 2.40. The molecule has 0 N–H and O–H groups in total. The predicted molar refractivity (Wildman–Crippen MR) is 111 cm³/mol. The van der Waals surface area contributed by atoms with Gasteiger partial charge in [-0.1, -0.05) is 42.5 Å². The highest BCUT2D eigenvalue weighted by Gasteiger charge is 2.19. The molecule has 0 saturated heterocycles. The molecule has 27 heavy (non-hydrogen) atoms. The van der Waals surface area contributed by atoms with Gasteiger partial charge in [0.25, 0.3) is 0 Å². The minimum Gasteiger partial charge on any atom is -0.309 e. The van der Waals surface area contributed by atoms with Gasteiger partial charge in [0, 0.05) is 39.6 Å². The highest BCUT2D eigenvalue weighted by molar-refractivity contribution is 6.30. The van der Waals surface area contributed by atoms with Crippen molar-refractivity contribution in [2.75, 3.05) is 0 Å². The molecule has 0 radical (unpaired) electrons. The van der Waals surface area contributed by atoms with E-state index in [2.05, 4.69) is 81.3 Å². The first-order chi connectivity index (χ1) is 13.4. The van der Waals surface area contributed by atoms with Crippen molar-refractivity contribution < 1.29 is 0 Å². The average Bonchev–Trinajstić information content (AvgIpc) is 3.10. The van der Waals surface area contributed by atoms with Gasteiger partial charge in [0.2, 0.25) is 0 Å². The largest absolute Gasteiger partial charge is 0.309 e. The molecule has 6 aromatic rings. The van der Waals surface area contributed by atoms with Crippen molar-refractivity contribution in [3.8, 4) is 5.69 Å². The molecule has 3 nitrogen and oxygen atoms in total. The van der Waals surface area contributed by atoms with Crippen LogP contribution >= 0.6 is 0 Å². The van der Waals surface area contributed by atoms with E-state index in [-0.39, 0.29) is 0 Å². The zero-order valence-corrected chi connectivity index (χ0v) is 14.5. The SMILES string of the molecule is c1ccc(-n2c3ccccc3c3c4cccnc4c4ncccc4c32)cc1. The number of hydrogen-bond acceptors (Lipinski definition) is 2. The Bertz CT molecular complexity index is 1460. The summed E-state index contributed by atoms with van der Waals surface area (Å²) in [5.74, 6) is 0. The first kappa shape index (κ1) is 14.4. The molecular weight excluding hydrogens is 330 g/mol. The van der Waals surface area contributed by atoms with E-state index >= 15 is 0 Å². The van der Waals surface area contributed by atoms with Crippen LogP contribution in [-0.4, -0.2) is 14.5 Å². The monoisotopic (exact) mass is 345 g/mol. The van der Waals surface area contributed by atoms with Crippen LogP contribution in [0.15, 0.2) is 91.3 Å². The van der Waals surface area contributed by atoms with Crippen molar-refractivity contribution in [2.24, 2.45) is 0 Å². The molecule has 3 heteroatoms. The summed E-state index contributed by atoms with van der Waals surface area (Å²) < 4.78 is 2.35. The standard InChI is InChI=1S/C24H15N3/c1-2-8-16(9-3-1)27-20-13-5-4-10-17(20)21-18-11-6-14-25-22(18)23-19(24(21)27)12-7-15-26-23/h1-15H. The maximum atomic E-state index is 4.69. The molecule has 0 aliphatic heterocycles. The number of pyridine rings is 2. The van der Waals surface area contributed by atoms with Crippen LogP contribution in [0.3, 0.4) is 0 Å². The Morgan fingerprint density at radius 3 is 2.00 bits per heavy atom. The molecule has 0 atom stereocenters. The number of aromatic nitrogens is 3. The van der Waals surface area contributed by atoms with E-state index in [1.54, 1.807) is 0 Å². The third-order valence-electron chi connectivity index (χ3n) is 5.25. The molecule has 0 fully saturated rings. The maximum Gasteiger partial charge on any atom is 0.0986 e. The van der Waals surface area contributed by atoms with Crippen molar-refractivity contribution in [1.29, 1.82) is 0 Å². The van der Waals surface area contributed by atoms with Gasteiger partial charge in [0.05, 0.1) is 22.1 Å². The Morgan fingerprint density at radius 2 is 1.19 bits per heavy atom. The number of fused-ring (bicyclic) bond motifs is 8. The third-order valence-corrected chi connectivity index (χ3v) is 5.25. The summed E-state index contributed by atoms with van der Waals surface area (Å²) in [6.07, 6.45) is 3.69. The molecule has 3 heterocycles. The summed E-state index contributed by atoms with van der Waals surface area (Å²) in [6, 6.07) is 27.4. The van der Waals surface area contributed by atoms with Gasteiger partial charge in [0.1, 0.15) is 0 Å². The van der Waals surface area contributed by atoms with Crippen molar-refractivity contribution in [3.63, 3.8) is 0 Å². The summed E-state index contributed by atoms with van der Waals surface area (Å²) in [5.41, 5.74) is 5.43. The van der Waals surface area contributed by atoms with E-state index in [1.165, 1.54) is 21.8 Å². The second-order valence-electron chi connectivity index (χ2n) is 6.71. The van der Waals surface area contributed by atoms with Crippen molar-refractivity contribution in [1.82, 2.24) is 14.5 Å². The van der Waals surface area contributed by atoms with Gasteiger partial charge in [-0.15, -0.1) is 0 Å². The Hall–Kier alpha value is -3.72. The Morgan fingerprint density at radius 1 is 0.556 bits per heavy atom. The summed E-state index contributed by atoms with van der Waals surface area (Å²) in [7, 11) is 0. The van der Waals surface area contributed by atoms with Gasteiger partial charge in [-0.3, -0.25) is 9.97 Å². The lowest BCUT2D eigenvalue weighted by atomic mass is 10.0. The van der Waals surface area contributed by atoms with Crippen LogP contribution in [0.5, 0.6) is 0 Å². The highest BCUT2D eigenvalue weighted by atomic mass is 15.0. The normalized spacial score (nSPS) is 11.7. The van der Waals surface area contributed by atoms with Crippen LogP contribution in [0.1, 0.15) is 0 Å². The molecule has 0 saturated carbocycles. The van der Waals surface area contributed by atoms with E-state index in [4.69, 9.17) is 0 Å². The van der Waals surface area contributed by atoms with Crippen LogP contribution in [0.4, 0.5) is 0 Å². The number of rotatable bonds is 1. The fourth-order valence-corrected chi connectivity index (χ4v) is 4.19. The minimum absolute atomic E-state index is 0.945. The molecule has 0 aliphatic carbocycles. The Kier molecular flexibility index (Phi) is 2.88. The molecule has 0 unspecified atom stereocenters. The molecule has 0 aliphatic rings. The van der Waals surface area contributed by atoms with Gasteiger partial charge in [-0.05, 0) is 36.4 Å². The molecule has 6 rings (SSSR count). The van der Waals surface area contributed by atoms with Gasteiger partial charge in [-0.25, -0.2) is 0 Å². The summed E-state index contributed by atoms with van der Waals surface area (Å²) in [4.78, 5) is 9.37. The van der Waals surface area contributed by atoms with Gasteiger partial charge >= 0.3 is 0 Å². The van der Waals surface area contributed by atoms with Crippen LogP contribution in [0, 0.1) is 0 Å². The summed E-state index contributed by atoms with van der Waals surface area (Å²) >= 11 is 0. The second kappa shape index (κ2) is 5.39. The van der Waals surface area contributed by atoms with E-state index < -0.39 is 0 Å². The Balaban J connectivity index is 2.02. The molecule has 126 valence electrons. The predicted octanol–water partition coefficient (Wildman–Crippen LogP) is 5.88. The first-order valence-corrected chi connectivity index (χ1v) is 9.03. The minimum atomic E-state index is 0.945. The number of hydrogen-bond donors (Lipinski definition) is 0. The van der Waals surface area contributed by atoms with E-state index in [0.29, 0.717) is 0 Å². The van der Waals surface area contributed by atoms with Crippen molar-refractivity contribution in [2.45, 2.75) is 0 Å². The maximum absolute atomic E-state index is 4.69. The number of nitrogens with zero attached hydrogens (tertiary/aromatic N) is 3. The third kappa shape index (κ3) is 1.91. The summed E-state index contributed by atoms with van der Waals surface area (Å²) in [6.45, 7) is 0. The molecular formula is C24H15N3. The Labute approximate surface area is 155 Å². The average molecular weight is 345 g/mol. The van der Waals surface area contributed by atoms with Gasteiger partial charge in [0.15, 0.2) is 0 Å². The zero-order valence-electron chi connectivity index (χ0n) is 14.5. The molecule has 3 aromatic heterocycles. The lowest BCUT2D eigenvalue weighted by Gasteiger charge is -2.10. The molecule has 0 amide bonds. The van der Waals surface area contributed by atoms with Crippen LogP contribution in [0.25, 0.3) is 49.3 Å². The number of para-hydroxylation sites is 2. The van der Waals surface area contributed by atoms with E-state index in [9.17, 15) is 0 Å². The molecule has 0 bridgehead atoms. The second-order valence-corrected chi connectivity index (χ2v) is 6.71. The fourth-order valence-electron chi connectivity index (χ4n) is 4.19. The van der Waals surface area contributed by atoms with E-state index in [0.717, 1.165) is 27.5 Å². The van der Waals surface area contributed by atoms with Crippen LogP contribution < -0.4 is 0 Å². The molecule has 3 aromatic carbocycles. The van der Waals surface area contributed by atoms with Crippen molar-refractivity contribution >= 4 is 43.6 Å². The first-order valence-electron chi connectivity index (χ1n) is 9.03. The van der Waals surface area contributed by atoms with Gasteiger partial charge in [-0.2, -0.15) is 0 Å².